The fraction of sp³-hybridized carbons (Fsp3) is 0.150. The summed E-state index contributed by atoms with van der Waals surface area (Å²) >= 11 is 6.16. The summed E-state index contributed by atoms with van der Waals surface area (Å²) in [6.07, 6.45) is 0. The van der Waals surface area contributed by atoms with Gasteiger partial charge in [-0.15, -0.1) is 0 Å². The fourth-order valence-electron chi connectivity index (χ4n) is 2.58. The molecule has 6 heteroatoms. The van der Waals surface area contributed by atoms with Gasteiger partial charge in [-0.2, -0.15) is 5.10 Å². The van der Waals surface area contributed by atoms with Crippen molar-refractivity contribution in [3.8, 4) is 0 Å². The van der Waals surface area contributed by atoms with Gasteiger partial charge in [0.15, 0.2) is 0 Å². The molecule has 0 fully saturated rings. The molecule has 0 saturated heterocycles. The van der Waals surface area contributed by atoms with Crippen molar-refractivity contribution in [1.82, 2.24) is 14.7 Å². The minimum Gasteiger partial charge on any atom is -0.336 e. The number of rotatable bonds is 5. The monoisotopic (exact) mass is 367 g/mol. The predicted molar refractivity (Wildman–Crippen MR) is 101 cm³/mol. The zero-order valence-corrected chi connectivity index (χ0v) is 15.1. The molecule has 1 aromatic heterocycles. The van der Waals surface area contributed by atoms with Gasteiger partial charge in [0.05, 0.1) is 6.54 Å². The van der Waals surface area contributed by atoms with Crippen molar-refractivity contribution in [2.24, 2.45) is 0 Å². The van der Waals surface area contributed by atoms with E-state index in [0.29, 0.717) is 18.1 Å². The molecule has 3 aromatic rings. The number of hydrogen-bond donors (Lipinski definition) is 0. The maximum absolute atomic E-state index is 12.7. The van der Waals surface area contributed by atoms with E-state index in [1.165, 1.54) is 21.7 Å². The molecule has 2 aromatic carbocycles. The third kappa shape index (κ3) is 4.18. The Morgan fingerprint density at radius 2 is 1.73 bits per heavy atom. The van der Waals surface area contributed by atoms with E-state index >= 15 is 0 Å². The summed E-state index contributed by atoms with van der Waals surface area (Å²) < 4.78 is 1.30. The second-order valence-electron chi connectivity index (χ2n) is 5.95. The largest absolute Gasteiger partial charge is 0.336 e. The van der Waals surface area contributed by atoms with Crippen LogP contribution in [0.5, 0.6) is 0 Å². The van der Waals surface area contributed by atoms with E-state index in [1.54, 1.807) is 13.1 Å². The summed E-state index contributed by atoms with van der Waals surface area (Å²) in [4.78, 5) is 26.3. The first-order chi connectivity index (χ1) is 12.5. The molecule has 0 saturated carbocycles. The van der Waals surface area contributed by atoms with Gasteiger partial charge in [-0.1, -0.05) is 60.1 Å². The highest BCUT2D eigenvalue weighted by atomic mass is 35.5. The van der Waals surface area contributed by atoms with Crippen LogP contribution in [0.1, 0.15) is 21.6 Å². The van der Waals surface area contributed by atoms with Gasteiger partial charge in [0.2, 0.25) is 0 Å². The van der Waals surface area contributed by atoms with E-state index in [-0.39, 0.29) is 17.2 Å². The molecule has 1 heterocycles. The second-order valence-corrected chi connectivity index (χ2v) is 6.36. The van der Waals surface area contributed by atoms with E-state index < -0.39 is 0 Å². The van der Waals surface area contributed by atoms with Crippen molar-refractivity contribution in [3.63, 3.8) is 0 Å². The normalized spacial score (nSPS) is 10.5. The summed E-state index contributed by atoms with van der Waals surface area (Å²) in [5.74, 6) is -0.272. The van der Waals surface area contributed by atoms with Crippen LogP contribution in [0.25, 0.3) is 0 Å². The highest BCUT2D eigenvalue weighted by Crippen LogP contribution is 2.17. The molecule has 0 aliphatic rings. The number of amides is 1. The number of halogens is 1. The topological polar surface area (TPSA) is 55.2 Å². The molecule has 0 aliphatic heterocycles. The standard InChI is InChI=1S/C20H18ClN3O2/c1-23(14-16-9-5-6-10-17(16)21)20(26)18-11-12-19(25)24(22-18)13-15-7-3-2-4-8-15/h2-12H,13-14H2,1H3. The van der Waals surface area contributed by atoms with Crippen LogP contribution in [0.3, 0.4) is 0 Å². The first-order valence-corrected chi connectivity index (χ1v) is 8.53. The molecule has 0 N–H and O–H groups in total. The molecule has 0 spiro atoms. The van der Waals surface area contributed by atoms with E-state index in [1.807, 2.05) is 48.5 Å². The second kappa shape index (κ2) is 7.97. The lowest BCUT2D eigenvalue weighted by Gasteiger charge is -2.18. The van der Waals surface area contributed by atoms with Gasteiger partial charge in [0.1, 0.15) is 5.69 Å². The molecule has 0 unspecified atom stereocenters. The summed E-state index contributed by atoms with van der Waals surface area (Å²) in [5.41, 5.74) is 1.76. The number of hydrogen-bond acceptors (Lipinski definition) is 3. The van der Waals surface area contributed by atoms with Gasteiger partial charge in [-0.05, 0) is 23.3 Å². The van der Waals surface area contributed by atoms with Crippen LogP contribution in [0.15, 0.2) is 71.5 Å². The van der Waals surface area contributed by atoms with Crippen molar-refractivity contribution in [3.05, 3.63) is 98.9 Å². The summed E-state index contributed by atoms with van der Waals surface area (Å²) in [5, 5.41) is 4.84. The maximum Gasteiger partial charge on any atom is 0.274 e. The zero-order chi connectivity index (χ0) is 18.5. The number of carbonyl (C=O) groups excluding carboxylic acids is 1. The molecule has 5 nitrogen and oxygen atoms in total. The lowest BCUT2D eigenvalue weighted by Crippen LogP contribution is -2.31. The lowest BCUT2D eigenvalue weighted by molar-refractivity contribution is 0.0776. The molecule has 132 valence electrons. The average molecular weight is 368 g/mol. The molecule has 0 aliphatic carbocycles. The Morgan fingerprint density at radius 1 is 1.04 bits per heavy atom. The van der Waals surface area contributed by atoms with E-state index in [2.05, 4.69) is 5.10 Å². The van der Waals surface area contributed by atoms with Gasteiger partial charge in [0, 0.05) is 24.7 Å². The molecule has 0 bridgehead atoms. The Kier molecular flexibility index (Phi) is 5.49. The van der Waals surface area contributed by atoms with Crippen molar-refractivity contribution in [2.45, 2.75) is 13.1 Å². The first kappa shape index (κ1) is 17.9. The Balaban J connectivity index is 1.80. The predicted octanol–water partition coefficient (Wildman–Crippen LogP) is 3.22. The lowest BCUT2D eigenvalue weighted by atomic mass is 10.2. The Hall–Kier alpha value is -2.92. The van der Waals surface area contributed by atoms with Crippen LogP contribution in [-0.2, 0) is 13.1 Å². The Labute approximate surface area is 156 Å². The molecule has 26 heavy (non-hydrogen) atoms. The number of benzene rings is 2. The fourth-order valence-corrected chi connectivity index (χ4v) is 2.78. The minimum atomic E-state index is -0.272. The average Bonchev–Trinajstić information content (AvgIpc) is 2.65. The third-order valence-electron chi connectivity index (χ3n) is 3.97. The molecular formula is C20H18ClN3O2. The van der Waals surface area contributed by atoms with Gasteiger partial charge in [-0.3, -0.25) is 9.59 Å². The maximum atomic E-state index is 12.7. The molecular weight excluding hydrogens is 350 g/mol. The highest BCUT2D eigenvalue weighted by molar-refractivity contribution is 6.31. The van der Waals surface area contributed by atoms with Crippen LogP contribution < -0.4 is 5.56 Å². The van der Waals surface area contributed by atoms with E-state index in [9.17, 15) is 9.59 Å². The van der Waals surface area contributed by atoms with E-state index in [0.717, 1.165) is 11.1 Å². The van der Waals surface area contributed by atoms with Crippen molar-refractivity contribution in [2.75, 3.05) is 7.05 Å². The number of carbonyl (C=O) groups is 1. The van der Waals surface area contributed by atoms with Crippen LogP contribution in [0.2, 0.25) is 5.02 Å². The summed E-state index contributed by atoms with van der Waals surface area (Å²) in [6, 6.07) is 19.7. The zero-order valence-electron chi connectivity index (χ0n) is 14.3. The van der Waals surface area contributed by atoms with Crippen LogP contribution in [0, 0.1) is 0 Å². The summed E-state index contributed by atoms with van der Waals surface area (Å²) in [7, 11) is 1.68. The Morgan fingerprint density at radius 3 is 2.46 bits per heavy atom. The Bertz CT molecular complexity index is 970. The van der Waals surface area contributed by atoms with Gasteiger partial charge in [0.25, 0.3) is 11.5 Å². The van der Waals surface area contributed by atoms with Crippen LogP contribution >= 0.6 is 11.6 Å². The van der Waals surface area contributed by atoms with Crippen LogP contribution in [-0.4, -0.2) is 27.6 Å². The number of nitrogens with zero attached hydrogens (tertiary/aromatic N) is 3. The van der Waals surface area contributed by atoms with Crippen molar-refractivity contribution >= 4 is 17.5 Å². The van der Waals surface area contributed by atoms with Crippen molar-refractivity contribution < 1.29 is 4.79 Å². The highest BCUT2D eigenvalue weighted by Gasteiger charge is 2.16. The van der Waals surface area contributed by atoms with Gasteiger partial charge in [-0.25, -0.2) is 4.68 Å². The molecule has 3 rings (SSSR count). The van der Waals surface area contributed by atoms with Crippen LogP contribution in [0.4, 0.5) is 0 Å². The quantitative estimate of drug-likeness (QED) is 0.695. The minimum absolute atomic E-state index is 0.218. The molecule has 0 atom stereocenters. The summed E-state index contributed by atoms with van der Waals surface area (Å²) in [6.45, 7) is 0.674. The van der Waals surface area contributed by atoms with E-state index in [4.69, 9.17) is 11.6 Å². The molecule has 1 amide bonds. The smallest absolute Gasteiger partial charge is 0.274 e. The SMILES string of the molecule is CN(Cc1ccccc1Cl)C(=O)c1ccc(=O)n(Cc2ccccc2)n1. The first-order valence-electron chi connectivity index (χ1n) is 8.15. The van der Waals surface area contributed by atoms with Crippen molar-refractivity contribution in [1.29, 1.82) is 0 Å². The third-order valence-corrected chi connectivity index (χ3v) is 4.34. The molecule has 0 radical (unpaired) electrons. The van der Waals surface area contributed by atoms with Gasteiger partial charge < -0.3 is 4.90 Å². The van der Waals surface area contributed by atoms with Gasteiger partial charge >= 0.3 is 0 Å². The number of aromatic nitrogens is 2.